The molecule has 0 aliphatic rings. The van der Waals surface area contributed by atoms with Gasteiger partial charge in [-0.1, -0.05) is 18.2 Å². The van der Waals surface area contributed by atoms with Crippen LogP contribution in [0.5, 0.6) is 5.75 Å². The van der Waals surface area contributed by atoms with Gasteiger partial charge in [0.2, 0.25) is 11.2 Å². The number of hydrogen-bond acceptors (Lipinski definition) is 5. The number of aliphatic hydroxyl groups is 1. The second kappa shape index (κ2) is 7.73. The van der Waals surface area contributed by atoms with Crippen molar-refractivity contribution in [3.63, 3.8) is 0 Å². The van der Waals surface area contributed by atoms with Gasteiger partial charge in [0, 0.05) is 17.7 Å². The van der Waals surface area contributed by atoms with Crippen molar-refractivity contribution in [3.8, 4) is 5.75 Å². The van der Waals surface area contributed by atoms with Crippen LogP contribution >= 0.6 is 0 Å². The normalized spacial score (nSPS) is 12.6. The van der Waals surface area contributed by atoms with Crippen LogP contribution in [0.15, 0.2) is 63.9 Å². The largest absolute Gasteiger partial charge is 0.502 e. The molecule has 0 bridgehead atoms. The smallest absolute Gasteiger partial charge is 0.416 e. The van der Waals surface area contributed by atoms with E-state index in [-0.39, 0.29) is 11.5 Å². The van der Waals surface area contributed by atoms with Crippen LogP contribution in [0.1, 0.15) is 28.7 Å². The average molecular weight is 393 g/mol. The number of aromatic hydroxyl groups is 1. The molecule has 2 heterocycles. The van der Waals surface area contributed by atoms with Gasteiger partial charge in [-0.05, 0) is 18.2 Å². The van der Waals surface area contributed by atoms with Crippen LogP contribution in [-0.2, 0) is 12.8 Å². The maximum atomic E-state index is 12.9. The minimum absolute atomic E-state index is 0.0893. The van der Waals surface area contributed by atoms with Crippen molar-refractivity contribution in [1.82, 2.24) is 0 Å². The number of aromatic nitrogens is 1. The monoisotopic (exact) mass is 393 g/mol. The first-order chi connectivity index (χ1) is 13.3. The van der Waals surface area contributed by atoms with Gasteiger partial charge < -0.3 is 14.6 Å². The number of anilines is 1. The Kier molecular flexibility index (Phi) is 5.36. The fraction of sp³-hybridized carbons (Fsp3) is 0.158. The zero-order valence-electron chi connectivity index (χ0n) is 14.3. The Labute approximate surface area is 156 Å². The molecule has 1 atom stereocenters. The van der Waals surface area contributed by atoms with Crippen LogP contribution in [0, 0.1) is 0 Å². The summed E-state index contributed by atoms with van der Waals surface area (Å²) in [6.07, 6.45) is -2.88. The van der Waals surface area contributed by atoms with Gasteiger partial charge in [0.25, 0.3) is 5.82 Å². The molecule has 6 nitrogen and oxygen atoms in total. The van der Waals surface area contributed by atoms with Crippen LogP contribution in [0.4, 0.5) is 19.0 Å². The lowest BCUT2D eigenvalue weighted by Gasteiger charge is -2.16. The number of alkyl halides is 3. The Bertz CT molecular complexity index is 1000. The van der Waals surface area contributed by atoms with Crippen LogP contribution in [0.3, 0.4) is 0 Å². The average Bonchev–Trinajstić information content (AvgIpc) is 2.68. The zero-order valence-corrected chi connectivity index (χ0v) is 14.3. The lowest BCUT2D eigenvalue weighted by atomic mass is 10.0. The third-order valence-corrected chi connectivity index (χ3v) is 4.00. The number of rotatable bonds is 5. The fourth-order valence-electron chi connectivity index (χ4n) is 2.63. The molecule has 0 radical (unpaired) electrons. The molecule has 0 unspecified atom stereocenters. The topological polar surface area (TPSA) is 96.8 Å². The predicted octanol–water partition coefficient (Wildman–Crippen LogP) is 2.87. The maximum Gasteiger partial charge on any atom is 0.416 e. The molecule has 1 aromatic carbocycles. The molecule has 0 aliphatic heterocycles. The summed E-state index contributed by atoms with van der Waals surface area (Å²) in [6.45, 7) is -0.584. The molecule has 4 N–H and O–H groups in total. The first-order valence-corrected chi connectivity index (χ1v) is 8.16. The van der Waals surface area contributed by atoms with Gasteiger partial charge in [-0.3, -0.25) is 10.1 Å². The highest BCUT2D eigenvalue weighted by Crippen LogP contribution is 2.34. The van der Waals surface area contributed by atoms with E-state index in [9.17, 15) is 28.2 Å². The standard InChI is InChI=1S/C19H15F3N2O4/c20-19(21,22)12-6-4-11(5-7-12)16(24-15-3-1-2-8-23-15)18-17(27)14(26)9-13(10-25)28-18/h1-9,16,25,27H,10H2,(H,23,24)/p+1/t16-/m1/s1. The molecule has 0 amide bonds. The summed E-state index contributed by atoms with van der Waals surface area (Å²) in [5, 5.41) is 22.5. The van der Waals surface area contributed by atoms with E-state index in [1.165, 1.54) is 12.1 Å². The molecule has 0 fully saturated rings. The van der Waals surface area contributed by atoms with Gasteiger partial charge in [-0.15, -0.1) is 0 Å². The minimum Gasteiger partial charge on any atom is -0.502 e. The van der Waals surface area contributed by atoms with Crippen molar-refractivity contribution in [3.05, 3.63) is 87.6 Å². The fourth-order valence-corrected chi connectivity index (χ4v) is 2.63. The Morgan fingerprint density at radius 1 is 1.14 bits per heavy atom. The number of pyridine rings is 1. The lowest BCUT2D eigenvalue weighted by Crippen LogP contribution is -2.20. The number of benzene rings is 1. The van der Waals surface area contributed by atoms with Gasteiger partial charge in [-0.25, -0.2) is 4.98 Å². The Morgan fingerprint density at radius 2 is 1.86 bits per heavy atom. The molecule has 0 aliphatic carbocycles. The van der Waals surface area contributed by atoms with Crippen molar-refractivity contribution in [2.24, 2.45) is 0 Å². The van der Waals surface area contributed by atoms with Crippen LogP contribution in [0.2, 0.25) is 0 Å². The number of aromatic amines is 1. The van der Waals surface area contributed by atoms with E-state index in [4.69, 9.17) is 4.42 Å². The lowest BCUT2D eigenvalue weighted by molar-refractivity contribution is -0.361. The predicted molar refractivity (Wildman–Crippen MR) is 92.5 cm³/mol. The van der Waals surface area contributed by atoms with Gasteiger partial charge in [0.05, 0.1) is 11.8 Å². The highest BCUT2D eigenvalue weighted by Gasteiger charge is 2.32. The third-order valence-electron chi connectivity index (χ3n) is 4.00. The molecule has 3 aromatic rings. The van der Waals surface area contributed by atoms with Crippen LogP contribution in [-0.4, -0.2) is 10.2 Å². The molecule has 0 saturated carbocycles. The highest BCUT2D eigenvalue weighted by atomic mass is 19.4. The van der Waals surface area contributed by atoms with Crippen molar-refractivity contribution < 1.29 is 32.8 Å². The van der Waals surface area contributed by atoms with Gasteiger partial charge in [0.15, 0.2) is 11.8 Å². The summed E-state index contributed by atoms with van der Waals surface area (Å²) in [7, 11) is 0. The van der Waals surface area contributed by atoms with Crippen molar-refractivity contribution in [2.45, 2.75) is 18.8 Å². The summed E-state index contributed by atoms with van der Waals surface area (Å²) in [4.78, 5) is 14.9. The summed E-state index contributed by atoms with van der Waals surface area (Å²) in [6, 6.07) is 9.25. The van der Waals surface area contributed by atoms with E-state index >= 15 is 0 Å². The van der Waals surface area contributed by atoms with Crippen molar-refractivity contribution in [1.29, 1.82) is 0 Å². The van der Waals surface area contributed by atoms with E-state index in [1.807, 2.05) is 0 Å². The molecule has 146 valence electrons. The SMILES string of the molecule is O=c1cc(CO)oc([C@H](Nc2cccc[nH+]2)c2ccc(C(F)(F)F)cc2)c1O. The first kappa shape index (κ1) is 19.4. The van der Waals surface area contributed by atoms with E-state index in [0.29, 0.717) is 11.4 Å². The maximum absolute atomic E-state index is 12.9. The third kappa shape index (κ3) is 4.15. The molecule has 3 rings (SSSR count). The summed E-state index contributed by atoms with van der Waals surface area (Å²) >= 11 is 0. The first-order valence-electron chi connectivity index (χ1n) is 8.16. The number of aliphatic hydroxyl groups excluding tert-OH is 1. The van der Waals surface area contributed by atoms with E-state index < -0.39 is 35.6 Å². The van der Waals surface area contributed by atoms with Gasteiger partial charge >= 0.3 is 6.18 Å². The van der Waals surface area contributed by atoms with E-state index in [2.05, 4.69) is 10.3 Å². The molecule has 2 aromatic heterocycles. The second-order valence-corrected chi connectivity index (χ2v) is 5.92. The summed E-state index contributed by atoms with van der Waals surface area (Å²) in [5.74, 6) is -0.559. The Hall–Kier alpha value is -3.33. The Morgan fingerprint density at radius 3 is 2.43 bits per heavy atom. The number of halogens is 3. The van der Waals surface area contributed by atoms with Crippen LogP contribution in [0.25, 0.3) is 0 Å². The van der Waals surface area contributed by atoms with Gasteiger partial charge in [-0.2, -0.15) is 13.2 Å². The molecule has 0 spiro atoms. The van der Waals surface area contributed by atoms with Gasteiger partial charge in [0.1, 0.15) is 12.4 Å². The van der Waals surface area contributed by atoms with E-state index in [1.54, 1.807) is 24.4 Å². The zero-order chi connectivity index (χ0) is 20.3. The van der Waals surface area contributed by atoms with E-state index in [0.717, 1.165) is 18.2 Å². The number of hydrogen-bond donors (Lipinski definition) is 3. The molecule has 9 heteroatoms. The van der Waals surface area contributed by atoms with Crippen molar-refractivity contribution in [2.75, 3.05) is 5.32 Å². The summed E-state index contributed by atoms with van der Waals surface area (Å²) < 4.78 is 44.0. The van der Waals surface area contributed by atoms with Crippen molar-refractivity contribution >= 4 is 5.82 Å². The Balaban J connectivity index is 2.11. The highest BCUT2D eigenvalue weighted by molar-refractivity contribution is 5.43. The molecule has 0 saturated heterocycles. The summed E-state index contributed by atoms with van der Waals surface area (Å²) in [5.41, 5.74) is -1.31. The number of H-pyrrole nitrogens is 1. The quantitative estimate of drug-likeness (QED) is 0.619. The minimum atomic E-state index is -4.50. The molecular weight excluding hydrogens is 377 g/mol. The number of nitrogens with one attached hydrogen (secondary N) is 2. The molecular formula is C19H16F3N2O4+. The molecule has 28 heavy (non-hydrogen) atoms. The second-order valence-electron chi connectivity index (χ2n) is 5.92. The van der Waals surface area contributed by atoms with Crippen LogP contribution < -0.4 is 15.7 Å².